The SMILES string of the molecule is Cc1c(C)n2c3c(=O)n(CCN4CCCCC4)c(=O)n(C)c3nc2n1C[C@@H]1CCCO1. The average Bonchev–Trinajstić information content (AvgIpc) is 3.48. The van der Waals surface area contributed by atoms with Gasteiger partial charge in [0.15, 0.2) is 11.2 Å². The summed E-state index contributed by atoms with van der Waals surface area (Å²) in [6.07, 6.45) is 5.91. The first-order chi connectivity index (χ1) is 15.0. The Kier molecular flexibility index (Phi) is 5.26. The maximum absolute atomic E-state index is 13.5. The van der Waals surface area contributed by atoms with E-state index in [0.29, 0.717) is 30.0 Å². The summed E-state index contributed by atoms with van der Waals surface area (Å²) in [5.74, 6) is 0.710. The highest BCUT2D eigenvalue weighted by atomic mass is 16.5. The number of likely N-dealkylation sites (tertiary alicyclic amines) is 1. The van der Waals surface area contributed by atoms with E-state index in [1.54, 1.807) is 7.05 Å². The molecule has 0 saturated carbocycles. The Morgan fingerprint density at radius 3 is 2.48 bits per heavy atom. The molecular formula is C22H32N6O3. The summed E-state index contributed by atoms with van der Waals surface area (Å²) in [4.78, 5) is 33.6. The maximum Gasteiger partial charge on any atom is 0.332 e. The van der Waals surface area contributed by atoms with Crippen LogP contribution < -0.4 is 11.2 Å². The third kappa shape index (κ3) is 3.34. The summed E-state index contributed by atoms with van der Waals surface area (Å²) in [5, 5.41) is 0. The van der Waals surface area contributed by atoms with Crippen LogP contribution in [0.25, 0.3) is 16.9 Å². The van der Waals surface area contributed by atoms with Crippen molar-refractivity contribution in [1.29, 1.82) is 0 Å². The van der Waals surface area contributed by atoms with Crippen LogP contribution in [-0.4, -0.2) is 60.3 Å². The number of hydrogen-bond acceptors (Lipinski definition) is 5. The van der Waals surface area contributed by atoms with E-state index in [2.05, 4.69) is 16.4 Å². The number of hydrogen-bond donors (Lipinski definition) is 0. The summed E-state index contributed by atoms with van der Waals surface area (Å²) < 4.78 is 12.8. The highest BCUT2D eigenvalue weighted by molar-refractivity contribution is 5.76. The lowest BCUT2D eigenvalue weighted by Crippen LogP contribution is -2.43. The second kappa shape index (κ2) is 7.94. The van der Waals surface area contributed by atoms with Gasteiger partial charge in [0.1, 0.15) is 0 Å². The summed E-state index contributed by atoms with van der Waals surface area (Å²) >= 11 is 0. The summed E-state index contributed by atoms with van der Waals surface area (Å²) in [7, 11) is 1.71. The Morgan fingerprint density at radius 2 is 1.77 bits per heavy atom. The van der Waals surface area contributed by atoms with E-state index < -0.39 is 0 Å². The molecule has 2 aliphatic rings. The van der Waals surface area contributed by atoms with Gasteiger partial charge in [-0.25, -0.2) is 4.79 Å². The van der Waals surface area contributed by atoms with E-state index in [1.807, 2.05) is 11.3 Å². The Balaban J connectivity index is 1.61. The van der Waals surface area contributed by atoms with Crippen LogP contribution in [0.15, 0.2) is 9.59 Å². The second-order valence-corrected chi connectivity index (χ2v) is 9.04. The third-order valence-electron chi connectivity index (χ3n) is 7.13. The molecule has 9 nitrogen and oxygen atoms in total. The fourth-order valence-electron chi connectivity index (χ4n) is 5.15. The maximum atomic E-state index is 13.5. The predicted octanol–water partition coefficient (Wildman–Crippen LogP) is 1.43. The van der Waals surface area contributed by atoms with Crippen molar-refractivity contribution in [3.05, 3.63) is 32.2 Å². The van der Waals surface area contributed by atoms with Gasteiger partial charge in [0.05, 0.1) is 12.6 Å². The van der Waals surface area contributed by atoms with Crippen LogP contribution in [-0.2, 0) is 24.9 Å². The van der Waals surface area contributed by atoms with Crippen LogP contribution in [0.5, 0.6) is 0 Å². The lowest BCUT2D eigenvalue weighted by atomic mass is 10.1. The smallest absolute Gasteiger partial charge is 0.332 e. The first kappa shape index (κ1) is 20.5. The molecule has 0 N–H and O–H groups in total. The van der Waals surface area contributed by atoms with E-state index in [-0.39, 0.29) is 17.4 Å². The van der Waals surface area contributed by atoms with Crippen molar-refractivity contribution in [1.82, 2.24) is 28.0 Å². The highest BCUT2D eigenvalue weighted by Crippen LogP contribution is 2.23. The van der Waals surface area contributed by atoms with Gasteiger partial charge in [-0.2, -0.15) is 4.98 Å². The van der Waals surface area contributed by atoms with Gasteiger partial charge in [-0.05, 0) is 52.6 Å². The largest absolute Gasteiger partial charge is 0.376 e. The summed E-state index contributed by atoms with van der Waals surface area (Å²) in [6.45, 7) is 8.79. The van der Waals surface area contributed by atoms with Crippen molar-refractivity contribution in [2.45, 2.75) is 65.1 Å². The number of imidazole rings is 2. The molecule has 0 amide bonds. The number of aryl methyl sites for hydroxylation is 2. The van der Waals surface area contributed by atoms with Gasteiger partial charge in [-0.1, -0.05) is 6.42 Å². The number of fused-ring (bicyclic) bond motifs is 3. The van der Waals surface area contributed by atoms with Gasteiger partial charge in [-0.3, -0.25) is 18.3 Å². The molecule has 5 rings (SSSR count). The normalized spacial score (nSPS) is 20.4. The van der Waals surface area contributed by atoms with Crippen molar-refractivity contribution >= 4 is 16.9 Å². The van der Waals surface area contributed by atoms with Gasteiger partial charge in [0.2, 0.25) is 5.78 Å². The topological polar surface area (TPSA) is 78.7 Å². The molecule has 0 unspecified atom stereocenters. The molecule has 0 aromatic carbocycles. The van der Waals surface area contributed by atoms with E-state index in [0.717, 1.165) is 50.5 Å². The summed E-state index contributed by atoms with van der Waals surface area (Å²) in [6, 6.07) is 0. The predicted molar refractivity (Wildman–Crippen MR) is 119 cm³/mol. The molecular weight excluding hydrogens is 396 g/mol. The van der Waals surface area contributed by atoms with E-state index in [4.69, 9.17) is 9.72 Å². The lowest BCUT2D eigenvalue weighted by Gasteiger charge is -2.26. The monoisotopic (exact) mass is 428 g/mol. The van der Waals surface area contributed by atoms with Crippen LogP contribution in [0.1, 0.15) is 43.5 Å². The van der Waals surface area contributed by atoms with Crippen molar-refractivity contribution in [2.75, 3.05) is 26.2 Å². The standard InChI is InChI=1S/C22H32N6O3/c1-15-16(2)28-18-19(23-21(28)27(15)14-17-8-7-13-31-17)24(3)22(30)26(20(18)29)12-11-25-9-5-4-6-10-25/h17H,4-14H2,1-3H3/t17-/m0/s1. The molecule has 2 fully saturated rings. The van der Waals surface area contributed by atoms with Crippen molar-refractivity contribution in [3.63, 3.8) is 0 Å². The molecule has 3 aromatic rings. The van der Waals surface area contributed by atoms with Crippen molar-refractivity contribution < 1.29 is 4.74 Å². The van der Waals surface area contributed by atoms with Gasteiger partial charge in [0, 0.05) is 38.1 Å². The molecule has 31 heavy (non-hydrogen) atoms. The lowest BCUT2D eigenvalue weighted by molar-refractivity contribution is 0.0974. The molecule has 3 aromatic heterocycles. The Bertz CT molecular complexity index is 1230. The van der Waals surface area contributed by atoms with Crippen molar-refractivity contribution in [2.24, 2.45) is 7.05 Å². The Labute approximate surface area is 180 Å². The zero-order valence-corrected chi connectivity index (χ0v) is 18.8. The van der Waals surface area contributed by atoms with Crippen LogP contribution in [0, 0.1) is 13.8 Å². The first-order valence-corrected chi connectivity index (χ1v) is 11.5. The number of aromatic nitrogens is 5. The van der Waals surface area contributed by atoms with Crippen LogP contribution in [0.4, 0.5) is 0 Å². The Morgan fingerprint density at radius 1 is 1.00 bits per heavy atom. The quantitative estimate of drug-likeness (QED) is 0.614. The number of rotatable bonds is 5. The Hall–Kier alpha value is -2.39. The van der Waals surface area contributed by atoms with Crippen molar-refractivity contribution in [3.8, 4) is 0 Å². The molecule has 0 radical (unpaired) electrons. The molecule has 9 heteroatoms. The number of piperidine rings is 1. The number of ether oxygens (including phenoxy) is 1. The summed E-state index contributed by atoms with van der Waals surface area (Å²) in [5.41, 5.74) is 2.45. The second-order valence-electron chi connectivity index (χ2n) is 9.04. The van der Waals surface area contributed by atoms with Crippen LogP contribution in [0.2, 0.25) is 0 Å². The molecule has 0 spiro atoms. The molecule has 5 heterocycles. The van der Waals surface area contributed by atoms with Crippen LogP contribution in [0.3, 0.4) is 0 Å². The fraction of sp³-hybridized carbons (Fsp3) is 0.682. The average molecular weight is 429 g/mol. The molecule has 0 aliphatic carbocycles. The minimum atomic E-state index is -0.296. The van der Waals surface area contributed by atoms with Gasteiger partial charge in [0.25, 0.3) is 5.56 Å². The zero-order chi connectivity index (χ0) is 21.7. The molecule has 0 bridgehead atoms. The number of nitrogens with zero attached hydrogens (tertiary/aromatic N) is 6. The molecule has 2 aliphatic heterocycles. The van der Waals surface area contributed by atoms with Gasteiger partial charge in [-0.15, -0.1) is 0 Å². The van der Waals surface area contributed by atoms with Gasteiger partial charge >= 0.3 is 5.69 Å². The molecule has 2 saturated heterocycles. The van der Waals surface area contributed by atoms with Gasteiger partial charge < -0.3 is 14.2 Å². The van der Waals surface area contributed by atoms with E-state index in [9.17, 15) is 9.59 Å². The first-order valence-electron chi connectivity index (χ1n) is 11.5. The zero-order valence-electron chi connectivity index (χ0n) is 18.8. The highest BCUT2D eigenvalue weighted by Gasteiger charge is 2.25. The minimum Gasteiger partial charge on any atom is -0.376 e. The van der Waals surface area contributed by atoms with E-state index >= 15 is 0 Å². The van der Waals surface area contributed by atoms with E-state index in [1.165, 1.54) is 28.4 Å². The third-order valence-corrected chi connectivity index (χ3v) is 7.13. The molecule has 1 atom stereocenters. The van der Waals surface area contributed by atoms with Crippen LogP contribution >= 0.6 is 0 Å². The minimum absolute atomic E-state index is 0.166. The fourth-order valence-corrected chi connectivity index (χ4v) is 5.15. The molecule has 168 valence electrons.